The van der Waals surface area contributed by atoms with Gasteiger partial charge in [0.2, 0.25) is 11.8 Å². The van der Waals surface area contributed by atoms with Gasteiger partial charge in [-0.05, 0) is 30.7 Å². The van der Waals surface area contributed by atoms with Gasteiger partial charge in [-0.3, -0.25) is 0 Å². The van der Waals surface area contributed by atoms with Crippen molar-refractivity contribution in [3.8, 4) is 29.0 Å². The van der Waals surface area contributed by atoms with Crippen LogP contribution in [-0.4, -0.2) is 23.0 Å². The Morgan fingerprint density at radius 3 is 2.48 bits per heavy atom. The van der Waals surface area contributed by atoms with E-state index in [0.29, 0.717) is 11.3 Å². The number of aromatic nitrogens is 2. The fraction of sp³-hybridized carbons (Fsp3) is 0.0952. The molecule has 0 aliphatic rings. The number of ether oxygens (including phenoxy) is 4. The third-order valence-corrected chi connectivity index (χ3v) is 3.60. The molecule has 0 unspecified atom stereocenters. The monoisotopic (exact) mass is 396 g/mol. The van der Waals surface area contributed by atoms with Gasteiger partial charge in [-0.15, -0.1) is 0 Å². The van der Waals surface area contributed by atoms with E-state index >= 15 is 0 Å². The predicted octanol–water partition coefficient (Wildman–Crippen LogP) is 4.57. The highest BCUT2D eigenvalue weighted by molar-refractivity contribution is 5.84. The Morgan fingerprint density at radius 2 is 1.72 bits per heavy atom. The van der Waals surface area contributed by atoms with Crippen LogP contribution in [0.25, 0.3) is 0 Å². The number of halogens is 1. The van der Waals surface area contributed by atoms with E-state index in [9.17, 15) is 9.18 Å². The Hall–Kier alpha value is -3.94. The summed E-state index contributed by atoms with van der Waals surface area (Å²) in [5.41, 5.74) is 0.709. The number of carbonyl (C=O) groups is 1. The van der Waals surface area contributed by atoms with Crippen LogP contribution in [0, 0.1) is 12.7 Å². The molecule has 1 aromatic heterocycles. The number of hydrogen-bond acceptors (Lipinski definition) is 7. The van der Waals surface area contributed by atoms with Gasteiger partial charge in [0.15, 0.2) is 23.1 Å². The van der Waals surface area contributed by atoms with E-state index < -0.39 is 11.8 Å². The lowest BCUT2D eigenvalue weighted by Crippen LogP contribution is -2.06. The minimum absolute atomic E-state index is 0.0209. The van der Waals surface area contributed by atoms with Crippen molar-refractivity contribution in [1.29, 1.82) is 0 Å². The van der Waals surface area contributed by atoms with Gasteiger partial charge in [-0.2, -0.15) is 0 Å². The number of methoxy groups -OCH3 is 1. The van der Waals surface area contributed by atoms with E-state index in [-0.39, 0.29) is 23.3 Å². The van der Waals surface area contributed by atoms with Crippen molar-refractivity contribution >= 4 is 5.97 Å². The van der Waals surface area contributed by atoms with Gasteiger partial charge in [0.1, 0.15) is 6.33 Å². The molecule has 3 aromatic rings. The zero-order chi connectivity index (χ0) is 20.6. The van der Waals surface area contributed by atoms with E-state index in [1.807, 2.05) is 0 Å². The Balaban J connectivity index is 1.82. The largest absolute Gasteiger partial charge is 0.504 e. The quantitative estimate of drug-likeness (QED) is 0.250. The number of esters is 1. The fourth-order valence-corrected chi connectivity index (χ4v) is 2.28. The molecule has 0 spiro atoms. The summed E-state index contributed by atoms with van der Waals surface area (Å²) in [6, 6.07) is 12.4. The SMILES string of the molecule is CO/C=C/C(=O)Oc1cccc(C)c1Oc1cc(Oc2ccccc2F)ncn1. The topological polar surface area (TPSA) is 79.8 Å². The van der Waals surface area contributed by atoms with Crippen molar-refractivity contribution in [2.24, 2.45) is 0 Å². The maximum absolute atomic E-state index is 13.8. The minimum atomic E-state index is -0.631. The maximum atomic E-state index is 13.8. The van der Waals surface area contributed by atoms with Crippen LogP contribution in [0.3, 0.4) is 0 Å². The molecule has 0 N–H and O–H groups in total. The van der Waals surface area contributed by atoms with Crippen molar-refractivity contribution in [1.82, 2.24) is 9.97 Å². The molecule has 3 rings (SSSR count). The minimum Gasteiger partial charge on any atom is -0.504 e. The van der Waals surface area contributed by atoms with Crippen molar-refractivity contribution in [3.05, 3.63) is 78.6 Å². The molecule has 0 bridgehead atoms. The number of rotatable bonds is 7. The van der Waals surface area contributed by atoms with Crippen molar-refractivity contribution in [3.63, 3.8) is 0 Å². The Kier molecular flexibility index (Phi) is 6.36. The summed E-state index contributed by atoms with van der Waals surface area (Å²) in [5.74, 6) is -0.416. The normalized spacial score (nSPS) is 10.6. The number of carbonyl (C=O) groups excluding carboxylic acids is 1. The van der Waals surface area contributed by atoms with Crippen molar-refractivity contribution < 1.29 is 28.1 Å². The van der Waals surface area contributed by atoms with Crippen LogP contribution in [-0.2, 0) is 9.53 Å². The molecule has 0 amide bonds. The summed E-state index contributed by atoms with van der Waals surface area (Å²) < 4.78 is 35.0. The number of para-hydroxylation sites is 2. The van der Waals surface area contributed by atoms with Crippen LogP contribution in [0.2, 0.25) is 0 Å². The average molecular weight is 396 g/mol. The second-order valence-corrected chi connectivity index (χ2v) is 5.69. The molecule has 29 heavy (non-hydrogen) atoms. The van der Waals surface area contributed by atoms with Gasteiger partial charge in [-0.25, -0.2) is 19.2 Å². The first-order valence-corrected chi connectivity index (χ1v) is 8.50. The second-order valence-electron chi connectivity index (χ2n) is 5.69. The number of nitrogens with zero attached hydrogens (tertiary/aromatic N) is 2. The summed E-state index contributed by atoms with van der Waals surface area (Å²) >= 11 is 0. The molecule has 0 saturated carbocycles. The molecule has 0 atom stereocenters. The lowest BCUT2D eigenvalue weighted by Gasteiger charge is -2.13. The number of benzene rings is 2. The van der Waals surface area contributed by atoms with Gasteiger partial charge in [0.25, 0.3) is 0 Å². The van der Waals surface area contributed by atoms with E-state index in [1.54, 1.807) is 37.3 Å². The third kappa shape index (κ3) is 5.29. The highest BCUT2D eigenvalue weighted by Gasteiger charge is 2.14. The van der Waals surface area contributed by atoms with Gasteiger partial charge < -0.3 is 18.9 Å². The summed E-state index contributed by atoms with van der Waals surface area (Å²) in [5, 5.41) is 0. The van der Waals surface area contributed by atoms with Gasteiger partial charge in [-0.1, -0.05) is 24.3 Å². The first kappa shape index (κ1) is 19.8. The van der Waals surface area contributed by atoms with Crippen molar-refractivity contribution in [2.45, 2.75) is 6.92 Å². The first-order valence-electron chi connectivity index (χ1n) is 8.50. The van der Waals surface area contributed by atoms with Crippen LogP contribution >= 0.6 is 0 Å². The molecule has 7 nitrogen and oxygen atoms in total. The summed E-state index contributed by atoms with van der Waals surface area (Å²) in [4.78, 5) is 19.8. The van der Waals surface area contributed by atoms with E-state index in [1.165, 1.54) is 37.9 Å². The molecule has 148 valence electrons. The fourth-order valence-electron chi connectivity index (χ4n) is 2.28. The second kappa shape index (κ2) is 9.32. The summed E-state index contributed by atoms with van der Waals surface area (Å²) in [7, 11) is 1.42. The average Bonchev–Trinajstić information content (AvgIpc) is 2.71. The van der Waals surface area contributed by atoms with Crippen LogP contribution < -0.4 is 14.2 Å². The predicted molar refractivity (Wildman–Crippen MR) is 102 cm³/mol. The summed E-state index contributed by atoms with van der Waals surface area (Å²) in [6.45, 7) is 1.79. The molecule has 2 aromatic carbocycles. The first-order chi connectivity index (χ1) is 14.1. The van der Waals surface area contributed by atoms with Crippen LogP contribution in [0.15, 0.2) is 67.2 Å². The lowest BCUT2D eigenvalue weighted by atomic mass is 10.2. The van der Waals surface area contributed by atoms with E-state index in [4.69, 9.17) is 18.9 Å². The molecule has 8 heteroatoms. The molecule has 1 heterocycles. The highest BCUT2D eigenvalue weighted by atomic mass is 19.1. The standard InChI is InChI=1S/C21H17FN2O5/c1-14-6-5-9-17(28-20(25)10-11-26-2)21(14)29-19-12-18(23-13-24-19)27-16-8-4-3-7-15(16)22/h3-13H,1-2H3/b11-10+. The van der Waals surface area contributed by atoms with Gasteiger partial charge >= 0.3 is 5.97 Å². The molecule has 0 radical (unpaired) electrons. The van der Waals surface area contributed by atoms with Crippen LogP contribution in [0.4, 0.5) is 4.39 Å². The third-order valence-electron chi connectivity index (χ3n) is 3.60. The Bertz CT molecular complexity index is 1040. The molecular weight excluding hydrogens is 379 g/mol. The van der Waals surface area contributed by atoms with Gasteiger partial charge in [0, 0.05) is 0 Å². The summed E-state index contributed by atoms with van der Waals surface area (Å²) in [6.07, 6.45) is 3.56. The molecular formula is C21H17FN2O5. The zero-order valence-electron chi connectivity index (χ0n) is 15.7. The molecule has 0 fully saturated rings. The van der Waals surface area contributed by atoms with Crippen LogP contribution in [0.5, 0.6) is 29.0 Å². The molecule has 0 aliphatic heterocycles. The molecule has 0 saturated heterocycles. The highest BCUT2D eigenvalue weighted by Crippen LogP contribution is 2.35. The molecule has 0 aliphatic carbocycles. The maximum Gasteiger partial charge on any atom is 0.339 e. The lowest BCUT2D eigenvalue weighted by molar-refractivity contribution is -0.129. The van der Waals surface area contributed by atoms with E-state index in [0.717, 1.165) is 6.08 Å². The van der Waals surface area contributed by atoms with Gasteiger partial charge in [0.05, 0.1) is 25.5 Å². The Labute approximate surface area is 166 Å². The van der Waals surface area contributed by atoms with Crippen molar-refractivity contribution in [2.75, 3.05) is 7.11 Å². The Morgan fingerprint density at radius 1 is 1.00 bits per heavy atom. The smallest absolute Gasteiger partial charge is 0.339 e. The number of hydrogen-bond donors (Lipinski definition) is 0. The van der Waals surface area contributed by atoms with Crippen LogP contribution in [0.1, 0.15) is 5.56 Å². The number of aryl methyl sites for hydroxylation is 1. The zero-order valence-corrected chi connectivity index (χ0v) is 15.7. The van der Waals surface area contributed by atoms with E-state index in [2.05, 4.69) is 9.97 Å².